The molecule has 2 N–H and O–H groups in total. The lowest BCUT2D eigenvalue weighted by Crippen LogP contribution is -2.21. The number of hydrogen-bond donors (Lipinski definition) is 1. The number of hydrogen-bond acceptors (Lipinski definition) is 6. The van der Waals surface area contributed by atoms with Gasteiger partial charge in [0.15, 0.2) is 0 Å². The smallest absolute Gasteiger partial charge is 0.336 e. The van der Waals surface area contributed by atoms with Crippen molar-refractivity contribution in [3.8, 4) is 23.3 Å². The maximum absolute atomic E-state index is 12.4. The van der Waals surface area contributed by atoms with Crippen molar-refractivity contribution in [1.82, 2.24) is 0 Å². The highest BCUT2D eigenvalue weighted by molar-refractivity contribution is 6.35. The number of nitrogens with two attached hydrogens (primary N) is 1. The van der Waals surface area contributed by atoms with Crippen LogP contribution in [0.15, 0.2) is 78.2 Å². The molecule has 0 bridgehead atoms. The fourth-order valence-corrected chi connectivity index (χ4v) is 4.24. The molecule has 0 saturated carbocycles. The van der Waals surface area contributed by atoms with E-state index in [9.17, 15) is 10.1 Å². The Labute approximate surface area is 212 Å². The molecule has 1 aliphatic heterocycles. The first kappa shape index (κ1) is 24.2. The Kier molecular flexibility index (Phi) is 7.31. The van der Waals surface area contributed by atoms with E-state index >= 15 is 0 Å². The summed E-state index contributed by atoms with van der Waals surface area (Å²) in [6.07, 6.45) is 2.80. The molecule has 0 aromatic heterocycles. The molecule has 0 aliphatic carbocycles. The summed E-state index contributed by atoms with van der Waals surface area (Å²) in [5.74, 6) is 0.167. The van der Waals surface area contributed by atoms with Crippen LogP contribution in [0.4, 0.5) is 0 Å². The van der Waals surface area contributed by atoms with Crippen molar-refractivity contribution in [3.63, 3.8) is 0 Å². The lowest BCUT2D eigenvalue weighted by Gasteiger charge is -2.27. The molecule has 6 nitrogen and oxygen atoms in total. The number of para-hydroxylation sites is 1. The molecule has 4 rings (SSSR count). The first-order valence-electron chi connectivity index (χ1n) is 10.7. The number of nitrogens with zero attached hydrogens (tertiary/aromatic N) is 1. The predicted molar refractivity (Wildman–Crippen MR) is 134 cm³/mol. The van der Waals surface area contributed by atoms with Crippen LogP contribution in [0.5, 0.6) is 17.2 Å². The molecular formula is C27H20Cl2N2O4. The van der Waals surface area contributed by atoms with Gasteiger partial charge in [-0.25, -0.2) is 4.79 Å². The lowest BCUT2D eigenvalue weighted by molar-refractivity contribution is -0.128. The van der Waals surface area contributed by atoms with Crippen LogP contribution in [-0.2, 0) is 4.79 Å². The van der Waals surface area contributed by atoms with Gasteiger partial charge in [-0.1, -0.05) is 53.5 Å². The van der Waals surface area contributed by atoms with Gasteiger partial charge in [-0.2, -0.15) is 5.26 Å². The number of benzene rings is 3. The van der Waals surface area contributed by atoms with Crippen LogP contribution in [0.1, 0.15) is 29.5 Å². The Morgan fingerprint density at radius 2 is 1.94 bits per heavy atom. The Bertz CT molecular complexity index is 1390. The largest absolute Gasteiger partial charge is 0.494 e. The summed E-state index contributed by atoms with van der Waals surface area (Å²) < 4.78 is 16.9. The number of rotatable bonds is 6. The molecule has 3 aromatic carbocycles. The molecular weight excluding hydrogens is 487 g/mol. The third kappa shape index (κ3) is 5.27. The lowest BCUT2D eigenvalue weighted by atomic mass is 9.83. The molecule has 35 heavy (non-hydrogen) atoms. The summed E-state index contributed by atoms with van der Waals surface area (Å²) in [5, 5.41) is 10.7. The monoisotopic (exact) mass is 506 g/mol. The molecule has 1 heterocycles. The van der Waals surface area contributed by atoms with E-state index in [2.05, 4.69) is 6.07 Å². The van der Waals surface area contributed by atoms with Crippen LogP contribution >= 0.6 is 23.2 Å². The molecule has 0 spiro atoms. The van der Waals surface area contributed by atoms with Crippen LogP contribution in [-0.4, -0.2) is 12.6 Å². The summed E-state index contributed by atoms with van der Waals surface area (Å²) in [5.41, 5.74) is 8.48. The van der Waals surface area contributed by atoms with Crippen molar-refractivity contribution >= 4 is 35.2 Å². The highest BCUT2D eigenvalue weighted by Crippen LogP contribution is 2.45. The molecule has 3 aromatic rings. The summed E-state index contributed by atoms with van der Waals surface area (Å²) in [6.45, 7) is 2.36. The normalized spacial score (nSPS) is 14.7. The van der Waals surface area contributed by atoms with E-state index in [4.69, 9.17) is 43.1 Å². The van der Waals surface area contributed by atoms with Crippen LogP contribution in [0.3, 0.4) is 0 Å². The van der Waals surface area contributed by atoms with E-state index in [0.29, 0.717) is 39.3 Å². The van der Waals surface area contributed by atoms with Gasteiger partial charge in [0.05, 0.1) is 12.5 Å². The van der Waals surface area contributed by atoms with Crippen molar-refractivity contribution in [2.45, 2.75) is 12.8 Å². The van der Waals surface area contributed by atoms with Crippen molar-refractivity contribution in [2.75, 3.05) is 6.61 Å². The summed E-state index contributed by atoms with van der Waals surface area (Å²) >= 11 is 12.0. The quantitative estimate of drug-likeness (QED) is 0.242. The van der Waals surface area contributed by atoms with Crippen LogP contribution in [0, 0.1) is 11.3 Å². The minimum atomic E-state index is -0.605. The molecule has 176 valence electrons. The number of esters is 1. The Hall–Kier alpha value is -3.92. The molecule has 8 heteroatoms. The average molecular weight is 507 g/mol. The number of fused-ring (bicyclic) bond motifs is 1. The van der Waals surface area contributed by atoms with Crippen molar-refractivity contribution in [3.05, 3.63) is 105 Å². The number of halogens is 2. The summed E-state index contributed by atoms with van der Waals surface area (Å²) in [6, 6.07) is 19.5. The van der Waals surface area contributed by atoms with E-state index in [1.165, 1.54) is 12.2 Å². The highest BCUT2D eigenvalue weighted by atomic mass is 35.5. The Morgan fingerprint density at radius 1 is 1.14 bits per heavy atom. The van der Waals surface area contributed by atoms with Gasteiger partial charge in [0, 0.05) is 33.3 Å². The maximum atomic E-state index is 12.4. The van der Waals surface area contributed by atoms with Crippen molar-refractivity contribution in [2.24, 2.45) is 5.73 Å². The zero-order valence-electron chi connectivity index (χ0n) is 18.6. The molecule has 0 fully saturated rings. The van der Waals surface area contributed by atoms with E-state index in [1.54, 1.807) is 36.4 Å². The average Bonchev–Trinajstić information content (AvgIpc) is 2.83. The standard InChI is InChI=1S/C27H20Cl2N2O4/c1-2-33-23-6-4-3-5-19(23)26-20-11-10-18(14-24(20)35-27(31)21(26)15-30)34-25(32)12-8-16-7-9-17(28)13-22(16)29/h3-14,26H,2,31H2,1H3/b12-8+. The number of ether oxygens (including phenoxy) is 3. The van der Waals surface area contributed by atoms with Gasteiger partial charge in [0.1, 0.15) is 28.9 Å². The molecule has 0 radical (unpaired) electrons. The third-order valence-corrected chi connectivity index (χ3v) is 5.86. The fraction of sp³-hybridized carbons (Fsp3) is 0.111. The molecule has 1 atom stereocenters. The minimum absolute atomic E-state index is 0.0166. The van der Waals surface area contributed by atoms with E-state index < -0.39 is 11.9 Å². The van der Waals surface area contributed by atoms with Gasteiger partial charge < -0.3 is 19.9 Å². The van der Waals surface area contributed by atoms with Gasteiger partial charge in [-0.05, 0) is 42.8 Å². The van der Waals surface area contributed by atoms with Gasteiger partial charge >= 0.3 is 5.97 Å². The highest BCUT2D eigenvalue weighted by Gasteiger charge is 2.32. The van der Waals surface area contributed by atoms with Crippen molar-refractivity contribution < 1.29 is 19.0 Å². The molecule has 0 saturated heterocycles. The second kappa shape index (κ2) is 10.6. The van der Waals surface area contributed by atoms with Crippen LogP contribution < -0.4 is 19.9 Å². The first-order valence-corrected chi connectivity index (χ1v) is 11.4. The number of carbonyl (C=O) groups excluding carboxylic acids is 1. The van der Waals surface area contributed by atoms with E-state index in [-0.39, 0.29) is 17.2 Å². The van der Waals surface area contributed by atoms with Crippen molar-refractivity contribution in [1.29, 1.82) is 5.26 Å². The second-order valence-electron chi connectivity index (χ2n) is 7.52. The first-order chi connectivity index (χ1) is 16.9. The van der Waals surface area contributed by atoms with Crippen LogP contribution in [0.25, 0.3) is 6.08 Å². The van der Waals surface area contributed by atoms with Gasteiger partial charge in [-0.15, -0.1) is 0 Å². The zero-order valence-corrected chi connectivity index (χ0v) is 20.1. The summed E-state index contributed by atoms with van der Waals surface area (Å²) in [7, 11) is 0. The third-order valence-electron chi connectivity index (χ3n) is 5.30. The molecule has 1 unspecified atom stereocenters. The fourth-order valence-electron chi connectivity index (χ4n) is 3.77. The second-order valence-corrected chi connectivity index (χ2v) is 8.36. The van der Waals surface area contributed by atoms with E-state index in [1.807, 2.05) is 31.2 Å². The van der Waals surface area contributed by atoms with Crippen LogP contribution in [0.2, 0.25) is 10.0 Å². The Balaban J connectivity index is 1.62. The predicted octanol–water partition coefficient (Wildman–Crippen LogP) is 6.23. The molecule has 1 aliphatic rings. The summed E-state index contributed by atoms with van der Waals surface area (Å²) in [4.78, 5) is 12.4. The zero-order chi connectivity index (χ0) is 24.9. The van der Waals surface area contributed by atoms with Gasteiger partial charge in [0.25, 0.3) is 0 Å². The van der Waals surface area contributed by atoms with Gasteiger partial charge in [-0.3, -0.25) is 0 Å². The minimum Gasteiger partial charge on any atom is -0.494 e. The maximum Gasteiger partial charge on any atom is 0.336 e. The Morgan fingerprint density at radius 3 is 2.69 bits per heavy atom. The topological polar surface area (TPSA) is 94.6 Å². The molecule has 0 amide bonds. The number of allylic oxidation sites excluding steroid dienone is 1. The SMILES string of the molecule is CCOc1ccccc1C1C(C#N)=C(N)Oc2cc(OC(=O)/C=C/c3ccc(Cl)cc3Cl)ccc21. The van der Waals surface area contributed by atoms with Gasteiger partial charge in [0.2, 0.25) is 5.88 Å². The van der Waals surface area contributed by atoms with E-state index in [0.717, 1.165) is 5.56 Å². The number of carbonyl (C=O) groups is 1. The number of nitriles is 1.